The van der Waals surface area contributed by atoms with Gasteiger partial charge in [-0.25, -0.2) is 17.9 Å². The van der Waals surface area contributed by atoms with Crippen LogP contribution >= 0.6 is 0 Å². The molecule has 2 N–H and O–H groups in total. The van der Waals surface area contributed by atoms with Crippen molar-refractivity contribution in [1.29, 1.82) is 0 Å². The van der Waals surface area contributed by atoms with E-state index in [0.29, 0.717) is 11.1 Å². The molecule has 1 aromatic rings. The van der Waals surface area contributed by atoms with E-state index in [1.807, 2.05) is 0 Å². The molecule has 1 rings (SSSR count). The third-order valence-corrected chi connectivity index (χ3v) is 5.11. The van der Waals surface area contributed by atoms with Crippen molar-refractivity contribution in [2.45, 2.75) is 18.7 Å². The third-order valence-electron chi connectivity index (χ3n) is 2.72. The Bertz CT molecular complexity index is 652. The molecule has 6 nitrogen and oxygen atoms in total. The average Bonchev–Trinajstić information content (AvgIpc) is 2.26. The first kappa shape index (κ1) is 16.8. The summed E-state index contributed by atoms with van der Waals surface area (Å²) in [6.07, 6.45) is 1.48. The Labute approximate surface area is 120 Å². The molecule has 0 aliphatic rings. The monoisotopic (exact) mass is 319 g/mol. The highest BCUT2D eigenvalue weighted by atomic mass is 32.2. The molecule has 0 saturated carbocycles. The van der Waals surface area contributed by atoms with Crippen molar-refractivity contribution in [2.24, 2.45) is 0 Å². The zero-order valence-corrected chi connectivity index (χ0v) is 13.1. The summed E-state index contributed by atoms with van der Waals surface area (Å²) in [6.45, 7) is 3.26. The predicted molar refractivity (Wildman–Crippen MR) is 77.0 cm³/mol. The molecule has 0 heterocycles. The van der Waals surface area contributed by atoms with E-state index >= 15 is 0 Å². The average molecular weight is 319 g/mol. The molecule has 8 heteroatoms. The van der Waals surface area contributed by atoms with E-state index in [4.69, 9.17) is 5.11 Å². The lowest BCUT2D eigenvalue weighted by Gasteiger charge is -2.11. The Morgan fingerprint density at radius 3 is 2.40 bits per heavy atom. The van der Waals surface area contributed by atoms with E-state index in [-0.39, 0.29) is 22.8 Å². The van der Waals surface area contributed by atoms with E-state index < -0.39 is 26.8 Å². The molecule has 0 aromatic heterocycles. The number of aromatic carboxylic acids is 1. The van der Waals surface area contributed by atoms with Crippen molar-refractivity contribution >= 4 is 26.8 Å². The number of hydrogen-bond donors (Lipinski definition) is 2. The van der Waals surface area contributed by atoms with Crippen molar-refractivity contribution in [3.05, 3.63) is 28.8 Å². The second-order valence-corrected chi connectivity index (χ2v) is 7.70. The van der Waals surface area contributed by atoms with Gasteiger partial charge in [-0.3, -0.25) is 4.21 Å². The van der Waals surface area contributed by atoms with Crippen LogP contribution in [0.3, 0.4) is 0 Å². The van der Waals surface area contributed by atoms with Crippen LogP contribution in [0.25, 0.3) is 0 Å². The Hall–Kier alpha value is -1.25. The van der Waals surface area contributed by atoms with Gasteiger partial charge in [0.1, 0.15) is 0 Å². The lowest BCUT2D eigenvalue weighted by Crippen LogP contribution is -2.28. The van der Waals surface area contributed by atoms with Crippen molar-refractivity contribution in [2.75, 3.05) is 18.6 Å². The van der Waals surface area contributed by atoms with Crippen LogP contribution in [0.15, 0.2) is 17.0 Å². The smallest absolute Gasteiger partial charge is 0.335 e. The maximum atomic E-state index is 12.1. The fraction of sp³-hybridized carbons (Fsp3) is 0.417. The topological polar surface area (TPSA) is 101 Å². The van der Waals surface area contributed by atoms with Gasteiger partial charge in [0.15, 0.2) is 0 Å². The van der Waals surface area contributed by atoms with E-state index in [1.165, 1.54) is 12.3 Å². The van der Waals surface area contributed by atoms with Gasteiger partial charge in [-0.1, -0.05) is 6.07 Å². The first-order valence-electron chi connectivity index (χ1n) is 5.79. The summed E-state index contributed by atoms with van der Waals surface area (Å²) in [6, 6.07) is 2.67. The van der Waals surface area contributed by atoms with Gasteiger partial charge >= 0.3 is 5.97 Å². The summed E-state index contributed by atoms with van der Waals surface area (Å²) in [4.78, 5) is 11.0. The number of nitrogens with one attached hydrogen (secondary N) is 1. The molecule has 0 amide bonds. The number of aryl methyl sites for hydroxylation is 2. The third kappa shape index (κ3) is 4.12. The summed E-state index contributed by atoms with van der Waals surface area (Å²) >= 11 is 0. The van der Waals surface area contributed by atoms with Crippen molar-refractivity contribution < 1.29 is 22.5 Å². The second-order valence-electron chi connectivity index (χ2n) is 4.41. The van der Waals surface area contributed by atoms with Crippen LogP contribution in [0, 0.1) is 13.8 Å². The number of rotatable bonds is 6. The van der Waals surface area contributed by atoms with Crippen molar-refractivity contribution in [3.63, 3.8) is 0 Å². The fourth-order valence-corrected chi connectivity index (χ4v) is 3.55. The summed E-state index contributed by atoms with van der Waals surface area (Å²) in [5.41, 5.74) is 0.927. The van der Waals surface area contributed by atoms with Crippen LogP contribution in [0.2, 0.25) is 0 Å². The molecule has 0 aliphatic carbocycles. The van der Waals surface area contributed by atoms with Gasteiger partial charge in [-0.15, -0.1) is 0 Å². The highest BCUT2D eigenvalue weighted by Gasteiger charge is 2.20. The minimum Gasteiger partial charge on any atom is -0.478 e. The van der Waals surface area contributed by atoms with Crippen molar-refractivity contribution in [1.82, 2.24) is 4.72 Å². The first-order chi connectivity index (χ1) is 9.15. The molecule has 0 saturated heterocycles. The number of benzene rings is 1. The van der Waals surface area contributed by atoms with Gasteiger partial charge in [0.05, 0.1) is 10.5 Å². The molecule has 112 valence electrons. The minimum atomic E-state index is -3.81. The maximum Gasteiger partial charge on any atom is 0.335 e. The van der Waals surface area contributed by atoms with Crippen LogP contribution in [0.5, 0.6) is 0 Å². The van der Waals surface area contributed by atoms with Crippen LogP contribution in [-0.2, 0) is 20.8 Å². The van der Waals surface area contributed by atoms with Crippen molar-refractivity contribution in [3.8, 4) is 0 Å². The molecule has 0 radical (unpaired) electrons. The molecule has 20 heavy (non-hydrogen) atoms. The van der Waals surface area contributed by atoms with E-state index in [9.17, 15) is 17.4 Å². The molecule has 0 aliphatic heterocycles. The van der Waals surface area contributed by atoms with Gasteiger partial charge in [0.2, 0.25) is 10.0 Å². The molecule has 1 unspecified atom stereocenters. The predicted octanol–water partition coefficient (Wildman–Crippen LogP) is 0.658. The van der Waals surface area contributed by atoms with Gasteiger partial charge < -0.3 is 5.11 Å². The Morgan fingerprint density at radius 1 is 1.30 bits per heavy atom. The maximum absolute atomic E-state index is 12.1. The summed E-state index contributed by atoms with van der Waals surface area (Å²) in [7, 11) is -4.91. The van der Waals surface area contributed by atoms with Gasteiger partial charge in [-0.05, 0) is 31.0 Å². The minimum absolute atomic E-state index is 0.0428. The molecular weight excluding hydrogens is 302 g/mol. The van der Waals surface area contributed by atoms with E-state index in [1.54, 1.807) is 13.8 Å². The highest BCUT2D eigenvalue weighted by Crippen LogP contribution is 2.20. The quantitative estimate of drug-likeness (QED) is 0.802. The number of sulfonamides is 1. The van der Waals surface area contributed by atoms with Gasteiger partial charge in [0, 0.05) is 29.4 Å². The Balaban J connectivity index is 3.14. The fourth-order valence-electron chi connectivity index (χ4n) is 1.75. The Kier molecular flexibility index (Phi) is 5.43. The van der Waals surface area contributed by atoms with Crippen LogP contribution in [-0.4, -0.2) is 42.3 Å². The molecule has 0 fully saturated rings. The van der Waals surface area contributed by atoms with Crippen LogP contribution < -0.4 is 4.72 Å². The molecule has 0 bridgehead atoms. The largest absolute Gasteiger partial charge is 0.478 e. The molecular formula is C12H17NO5S2. The highest BCUT2D eigenvalue weighted by molar-refractivity contribution is 7.89. The number of carboxylic acids is 1. The summed E-state index contributed by atoms with van der Waals surface area (Å²) < 4.78 is 37.5. The summed E-state index contributed by atoms with van der Waals surface area (Å²) in [5, 5.41) is 9.04. The lowest BCUT2D eigenvalue weighted by atomic mass is 10.1. The number of carboxylic acid groups (broad SMARTS) is 1. The summed E-state index contributed by atoms with van der Waals surface area (Å²) in [5.74, 6) is -0.968. The molecule has 1 atom stereocenters. The Morgan fingerprint density at radius 2 is 1.90 bits per heavy atom. The SMILES string of the molecule is Cc1cc(C)c(S(=O)(=O)NCCS(C)=O)cc1C(=O)O. The van der Waals surface area contributed by atoms with E-state index in [2.05, 4.69) is 4.72 Å². The van der Waals surface area contributed by atoms with E-state index in [0.717, 1.165) is 6.07 Å². The molecule has 1 aromatic carbocycles. The van der Waals surface area contributed by atoms with Gasteiger partial charge in [-0.2, -0.15) is 0 Å². The zero-order valence-electron chi connectivity index (χ0n) is 11.5. The number of hydrogen-bond acceptors (Lipinski definition) is 4. The normalized spacial score (nSPS) is 13.2. The number of carbonyl (C=O) groups is 1. The lowest BCUT2D eigenvalue weighted by molar-refractivity contribution is 0.0696. The standard InChI is InChI=1S/C12H17NO5S2/c1-8-6-9(2)11(7-10(8)12(14)15)20(17,18)13-4-5-19(3)16/h6-7,13H,4-5H2,1-3H3,(H,14,15). The zero-order chi connectivity index (χ0) is 15.5. The van der Waals surface area contributed by atoms with Gasteiger partial charge in [0.25, 0.3) is 0 Å². The van der Waals surface area contributed by atoms with Crippen LogP contribution in [0.1, 0.15) is 21.5 Å². The second kappa shape index (κ2) is 6.47. The molecule has 0 spiro atoms. The van der Waals surface area contributed by atoms with Crippen LogP contribution in [0.4, 0.5) is 0 Å². The first-order valence-corrected chi connectivity index (χ1v) is 9.00.